The molecule has 0 saturated heterocycles. The summed E-state index contributed by atoms with van der Waals surface area (Å²) in [5.41, 5.74) is 6.39. The van der Waals surface area contributed by atoms with Gasteiger partial charge in [-0.25, -0.2) is 0 Å². The average molecular weight is 291 g/mol. The van der Waals surface area contributed by atoms with E-state index in [1.807, 2.05) is 6.07 Å². The summed E-state index contributed by atoms with van der Waals surface area (Å²) in [4.78, 5) is 8.50. The number of nitrogen functional groups attached to an aromatic ring is 1. The van der Waals surface area contributed by atoms with Crippen molar-refractivity contribution in [1.29, 1.82) is 0 Å². The first-order chi connectivity index (χ1) is 10.0. The fourth-order valence-corrected chi connectivity index (χ4v) is 1.65. The van der Waals surface area contributed by atoms with Crippen molar-refractivity contribution in [3.05, 3.63) is 23.8 Å². The fraction of sp³-hybridized carbons (Fsp3) is 0.500. The molecule has 0 aromatic carbocycles. The third-order valence-electron chi connectivity index (χ3n) is 2.66. The van der Waals surface area contributed by atoms with E-state index in [-0.39, 0.29) is 0 Å². The number of nitrogens with zero attached hydrogens (tertiary/aromatic N) is 3. The molecule has 0 bridgehead atoms. The predicted molar refractivity (Wildman–Crippen MR) is 80.2 cm³/mol. The van der Waals surface area contributed by atoms with Crippen molar-refractivity contribution in [2.75, 3.05) is 24.2 Å². The fourth-order valence-electron chi connectivity index (χ4n) is 1.65. The summed E-state index contributed by atoms with van der Waals surface area (Å²) in [6, 6.07) is 3.60. The van der Waals surface area contributed by atoms with Crippen LogP contribution in [0, 0.1) is 12.8 Å². The van der Waals surface area contributed by atoms with Gasteiger partial charge in [-0.15, -0.1) is 0 Å². The Labute approximate surface area is 123 Å². The van der Waals surface area contributed by atoms with Gasteiger partial charge in [-0.2, -0.15) is 9.97 Å². The van der Waals surface area contributed by atoms with Gasteiger partial charge in [0.15, 0.2) is 5.82 Å². The average Bonchev–Trinajstić information content (AvgIpc) is 2.84. The van der Waals surface area contributed by atoms with Crippen LogP contribution in [0.1, 0.15) is 25.6 Å². The summed E-state index contributed by atoms with van der Waals surface area (Å²) in [5.74, 6) is 2.83. The Hall–Kier alpha value is -2.31. The highest BCUT2D eigenvalue weighted by Crippen LogP contribution is 2.21. The summed E-state index contributed by atoms with van der Waals surface area (Å²) in [7, 11) is 0. The number of nitrogens with one attached hydrogen (secondary N) is 1. The molecule has 2 rings (SSSR count). The molecule has 0 radical (unpaired) electrons. The molecule has 0 saturated carbocycles. The van der Waals surface area contributed by atoms with Gasteiger partial charge in [0.25, 0.3) is 0 Å². The molecule has 0 aliphatic heterocycles. The minimum absolute atomic E-state index is 0.420. The van der Waals surface area contributed by atoms with Gasteiger partial charge in [-0.3, -0.25) is 0 Å². The highest BCUT2D eigenvalue weighted by atomic mass is 16.5. The van der Waals surface area contributed by atoms with E-state index < -0.39 is 0 Å². The Morgan fingerprint density at radius 2 is 2.14 bits per heavy atom. The van der Waals surface area contributed by atoms with Crippen LogP contribution >= 0.6 is 0 Å². The van der Waals surface area contributed by atoms with E-state index in [0.29, 0.717) is 54.6 Å². The molecule has 2 heterocycles. The quantitative estimate of drug-likeness (QED) is 0.805. The maximum Gasteiger partial charge on any atom is 0.239 e. The molecule has 0 aliphatic rings. The second kappa shape index (κ2) is 6.92. The first kappa shape index (κ1) is 15.1. The van der Waals surface area contributed by atoms with Crippen molar-refractivity contribution in [1.82, 2.24) is 15.1 Å². The van der Waals surface area contributed by atoms with Gasteiger partial charge in [-0.05, 0) is 25.0 Å². The molecular weight excluding hydrogens is 270 g/mol. The van der Waals surface area contributed by atoms with Crippen LogP contribution in [0.15, 0.2) is 16.7 Å². The number of nitrogens with two attached hydrogens (primary N) is 1. The van der Waals surface area contributed by atoms with Crippen LogP contribution in [0.5, 0.6) is 5.88 Å². The molecule has 0 aliphatic carbocycles. The summed E-state index contributed by atoms with van der Waals surface area (Å²) in [5, 5.41) is 6.93. The molecule has 7 heteroatoms. The van der Waals surface area contributed by atoms with Crippen LogP contribution in [-0.2, 0) is 6.42 Å². The van der Waals surface area contributed by atoms with E-state index in [0.717, 1.165) is 0 Å². The van der Waals surface area contributed by atoms with E-state index in [1.165, 1.54) is 0 Å². The molecular formula is C14H21N5O2. The van der Waals surface area contributed by atoms with Crippen molar-refractivity contribution in [3.63, 3.8) is 0 Å². The minimum Gasteiger partial charge on any atom is -0.476 e. The third-order valence-corrected chi connectivity index (χ3v) is 2.66. The zero-order valence-electron chi connectivity index (χ0n) is 12.6. The lowest BCUT2D eigenvalue weighted by Gasteiger charge is -2.11. The van der Waals surface area contributed by atoms with Crippen LogP contribution in [0.25, 0.3) is 0 Å². The van der Waals surface area contributed by atoms with Gasteiger partial charge in [0, 0.05) is 13.0 Å². The van der Waals surface area contributed by atoms with Crippen LogP contribution in [0.4, 0.5) is 11.5 Å². The molecule has 21 heavy (non-hydrogen) atoms. The van der Waals surface area contributed by atoms with Gasteiger partial charge in [0.2, 0.25) is 11.8 Å². The summed E-state index contributed by atoms with van der Waals surface area (Å²) < 4.78 is 10.6. The Kier molecular flexibility index (Phi) is 4.97. The van der Waals surface area contributed by atoms with Gasteiger partial charge in [0.05, 0.1) is 12.3 Å². The number of aromatic nitrogens is 3. The van der Waals surface area contributed by atoms with Crippen molar-refractivity contribution in [2.45, 2.75) is 27.2 Å². The van der Waals surface area contributed by atoms with E-state index in [2.05, 4.69) is 34.3 Å². The zero-order valence-corrected chi connectivity index (χ0v) is 12.6. The lowest BCUT2D eigenvalue weighted by atomic mass is 10.2. The molecule has 114 valence electrons. The Balaban J connectivity index is 1.89. The summed E-state index contributed by atoms with van der Waals surface area (Å²) >= 11 is 0. The molecule has 0 atom stereocenters. The molecule has 2 aromatic heterocycles. The third kappa shape index (κ3) is 4.62. The first-order valence-electron chi connectivity index (χ1n) is 6.97. The number of anilines is 2. The second-order valence-electron chi connectivity index (χ2n) is 5.21. The normalized spacial score (nSPS) is 10.9. The zero-order chi connectivity index (χ0) is 15.2. The molecule has 0 unspecified atom stereocenters. The summed E-state index contributed by atoms with van der Waals surface area (Å²) in [6.45, 7) is 7.17. The molecule has 7 nitrogen and oxygen atoms in total. The maximum atomic E-state index is 5.85. The lowest BCUT2D eigenvalue weighted by Crippen LogP contribution is -2.10. The van der Waals surface area contributed by atoms with E-state index in [9.17, 15) is 0 Å². The van der Waals surface area contributed by atoms with Gasteiger partial charge in [-0.1, -0.05) is 19.0 Å². The van der Waals surface area contributed by atoms with E-state index in [1.54, 1.807) is 13.0 Å². The number of aryl methyl sites for hydroxylation is 1. The number of pyridine rings is 1. The Morgan fingerprint density at radius 3 is 2.81 bits per heavy atom. The molecule has 0 amide bonds. The largest absolute Gasteiger partial charge is 0.476 e. The topological polar surface area (TPSA) is 99.1 Å². The van der Waals surface area contributed by atoms with Crippen LogP contribution in [-0.4, -0.2) is 28.3 Å². The highest BCUT2D eigenvalue weighted by Gasteiger charge is 2.07. The first-order valence-corrected chi connectivity index (χ1v) is 6.97. The van der Waals surface area contributed by atoms with Crippen molar-refractivity contribution in [3.8, 4) is 5.88 Å². The highest BCUT2D eigenvalue weighted by molar-refractivity contribution is 5.53. The lowest BCUT2D eigenvalue weighted by molar-refractivity contribution is 0.263. The Morgan fingerprint density at radius 1 is 1.33 bits per heavy atom. The van der Waals surface area contributed by atoms with E-state index in [4.69, 9.17) is 15.0 Å². The molecule has 0 fully saturated rings. The van der Waals surface area contributed by atoms with Gasteiger partial charge in [0.1, 0.15) is 5.82 Å². The van der Waals surface area contributed by atoms with Crippen LogP contribution in [0.3, 0.4) is 0 Å². The predicted octanol–water partition coefficient (Wildman–Crippen LogP) is 2.04. The second-order valence-corrected chi connectivity index (χ2v) is 5.21. The van der Waals surface area contributed by atoms with Crippen molar-refractivity contribution in [2.24, 2.45) is 5.92 Å². The van der Waals surface area contributed by atoms with Crippen LogP contribution < -0.4 is 15.8 Å². The Bertz CT molecular complexity index is 582. The standard InChI is InChI=1S/C14H21N5O2/c1-9(2)8-20-14-11(15)4-5-12(18-14)16-7-6-13-17-10(3)19-21-13/h4-5,9H,6-8,15H2,1-3H3,(H,16,18). The molecule has 0 spiro atoms. The van der Waals surface area contributed by atoms with E-state index >= 15 is 0 Å². The number of hydrogen-bond donors (Lipinski definition) is 2. The smallest absolute Gasteiger partial charge is 0.239 e. The van der Waals surface area contributed by atoms with Crippen LogP contribution in [0.2, 0.25) is 0 Å². The maximum absolute atomic E-state index is 5.85. The molecule has 3 N–H and O–H groups in total. The minimum atomic E-state index is 0.420. The van der Waals surface area contributed by atoms with Gasteiger partial charge >= 0.3 is 0 Å². The number of ether oxygens (including phenoxy) is 1. The van der Waals surface area contributed by atoms with Crippen molar-refractivity contribution >= 4 is 11.5 Å². The van der Waals surface area contributed by atoms with Gasteiger partial charge < -0.3 is 20.3 Å². The molecule has 2 aromatic rings. The number of rotatable bonds is 7. The van der Waals surface area contributed by atoms with Crippen molar-refractivity contribution < 1.29 is 9.26 Å². The monoisotopic (exact) mass is 291 g/mol. The SMILES string of the molecule is Cc1noc(CCNc2ccc(N)c(OCC(C)C)n2)n1. The summed E-state index contributed by atoms with van der Waals surface area (Å²) in [6.07, 6.45) is 0.634. The number of hydrogen-bond acceptors (Lipinski definition) is 7.